The molecule has 0 saturated carbocycles. The largest absolute Gasteiger partial charge is 0.472 e. The molecule has 10 heteroatoms. The lowest BCUT2D eigenvalue weighted by molar-refractivity contribution is -0.161. The summed E-state index contributed by atoms with van der Waals surface area (Å²) in [6.45, 7) is 3.50. The Morgan fingerprint density at radius 2 is 0.693 bits per heavy atom. The Balaban J connectivity index is 4.00. The van der Waals surface area contributed by atoms with Crippen LogP contribution in [0.3, 0.4) is 0 Å². The highest BCUT2D eigenvalue weighted by Gasteiger charge is 2.26. The lowest BCUT2D eigenvalue weighted by Gasteiger charge is -2.19. The molecule has 0 saturated heterocycles. The van der Waals surface area contributed by atoms with Crippen LogP contribution < -0.4 is 5.73 Å². The molecule has 0 aromatic heterocycles. The first-order valence-corrected chi connectivity index (χ1v) is 31.5. The third-order valence-electron chi connectivity index (χ3n) is 12.3. The maximum Gasteiger partial charge on any atom is 0.472 e. The standard InChI is InChI=1S/C65H110NO8P/c1-3-5-7-9-11-13-15-17-19-21-23-25-27-29-30-31-32-34-35-37-39-41-43-45-47-49-51-53-55-57-64(67)71-61-63(62-73-75(69,70)72-60-59-66)74-65(68)58-56-54-52-50-48-46-44-42-40-38-36-33-28-26-24-22-20-18-16-14-12-10-8-6-4-2/h5-8,11-14,17-20,23-26,33,36,40,42,63H,3-4,9-10,15-16,21-22,27-32,34-35,37-39,41,43-62,66H2,1-2H3,(H,69,70)/b7-5-,8-6-,13-11-,14-12-,19-17-,20-18-,25-23-,26-24-,36-33-,42-40-. The number of esters is 2. The van der Waals surface area contributed by atoms with Gasteiger partial charge in [0.2, 0.25) is 0 Å². The molecule has 0 amide bonds. The predicted molar refractivity (Wildman–Crippen MR) is 321 cm³/mol. The maximum absolute atomic E-state index is 12.7. The molecule has 0 aliphatic carbocycles. The number of ether oxygens (including phenoxy) is 2. The highest BCUT2D eigenvalue weighted by molar-refractivity contribution is 7.47. The van der Waals surface area contributed by atoms with E-state index >= 15 is 0 Å². The van der Waals surface area contributed by atoms with Crippen molar-refractivity contribution in [2.45, 2.75) is 251 Å². The summed E-state index contributed by atoms with van der Waals surface area (Å²) in [6, 6.07) is 0. The first-order valence-electron chi connectivity index (χ1n) is 30.0. The van der Waals surface area contributed by atoms with Gasteiger partial charge in [-0.3, -0.25) is 18.6 Å². The van der Waals surface area contributed by atoms with E-state index in [0.29, 0.717) is 6.42 Å². The number of phosphoric ester groups is 1. The minimum absolute atomic E-state index is 0.0452. The van der Waals surface area contributed by atoms with Gasteiger partial charge in [0.05, 0.1) is 13.2 Å². The average molecular weight is 1060 g/mol. The average Bonchev–Trinajstić information content (AvgIpc) is 3.40. The fourth-order valence-corrected chi connectivity index (χ4v) is 8.75. The van der Waals surface area contributed by atoms with E-state index in [4.69, 9.17) is 24.3 Å². The van der Waals surface area contributed by atoms with Crippen molar-refractivity contribution in [1.29, 1.82) is 0 Å². The van der Waals surface area contributed by atoms with Gasteiger partial charge < -0.3 is 20.1 Å². The SMILES string of the molecule is CC/C=C\C/C=C\C/C=C\C/C=C\C/C=C\C/C=C\CCCCCCCCC(=O)OC(COC(=O)CCCCCCCCCCCCCCCCCC/C=C\C/C=C\C/C=C\C/C=C\CC)COP(=O)(O)OCCN. The molecule has 0 bridgehead atoms. The van der Waals surface area contributed by atoms with E-state index in [-0.39, 0.29) is 38.6 Å². The summed E-state index contributed by atoms with van der Waals surface area (Å²) in [4.78, 5) is 35.2. The first-order chi connectivity index (χ1) is 36.8. The molecule has 0 heterocycles. The third-order valence-corrected chi connectivity index (χ3v) is 13.3. The highest BCUT2D eigenvalue weighted by Crippen LogP contribution is 2.43. The molecule has 3 N–H and O–H groups in total. The van der Waals surface area contributed by atoms with Crippen molar-refractivity contribution >= 4 is 19.8 Å². The van der Waals surface area contributed by atoms with E-state index in [1.54, 1.807) is 0 Å². The molecule has 9 nitrogen and oxygen atoms in total. The van der Waals surface area contributed by atoms with Crippen molar-refractivity contribution in [1.82, 2.24) is 0 Å². The lowest BCUT2D eigenvalue weighted by Crippen LogP contribution is -2.29. The summed E-state index contributed by atoms with van der Waals surface area (Å²) in [5, 5.41) is 0. The second-order valence-corrected chi connectivity index (χ2v) is 20.9. The molecule has 0 aromatic rings. The molecule has 0 radical (unpaired) electrons. The number of carbonyl (C=O) groups is 2. The smallest absolute Gasteiger partial charge is 0.462 e. The van der Waals surface area contributed by atoms with Crippen LogP contribution in [0, 0.1) is 0 Å². The van der Waals surface area contributed by atoms with Gasteiger partial charge in [-0.1, -0.05) is 251 Å². The molecule has 75 heavy (non-hydrogen) atoms. The van der Waals surface area contributed by atoms with Crippen molar-refractivity contribution in [3.8, 4) is 0 Å². The van der Waals surface area contributed by atoms with Gasteiger partial charge in [-0.15, -0.1) is 0 Å². The molecule has 0 aliphatic heterocycles. The Hall–Kier alpha value is -3.59. The zero-order valence-electron chi connectivity index (χ0n) is 47.7. The van der Waals surface area contributed by atoms with Gasteiger partial charge in [-0.2, -0.15) is 0 Å². The van der Waals surface area contributed by atoms with Crippen LogP contribution in [0.1, 0.15) is 245 Å². The minimum Gasteiger partial charge on any atom is -0.462 e. The van der Waals surface area contributed by atoms with Gasteiger partial charge in [-0.25, -0.2) is 4.57 Å². The number of allylic oxidation sites excluding steroid dienone is 20. The Morgan fingerprint density at radius 3 is 1.03 bits per heavy atom. The molecule has 0 fully saturated rings. The van der Waals surface area contributed by atoms with Crippen LogP contribution in [0.5, 0.6) is 0 Å². The number of rotatable bonds is 55. The van der Waals surface area contributed by atoms with Crippen LogP contribution in [0.4, 0.5) is 0 Å². The molecule has 2 unspecified atom stereocenters. The van der Waals surface area contributed by atoms with Crippen LogP contribution in [0.15, 0.2) is 122 Å². The second-order valence-electron chi connectivity index (χ2n) is 19.5. The van der Waals surface area contributed by atoms with Gasteiger partial charge >= 0.3 is 19.8 Å². The number of carbonyl (C=O) groups excluding carboxylic acids is 2. The quantitative estimate of drug-likeness (QED) is 0.0264. The van der Waals surface area contributed by atoms with Crippen molar-refractivity contribution in [3.05, 3.63) is 122 Å². The molecular weight excluding hydrogens is 954 g/mol. The van der Waals surface area contributed by atoms with E-state index < -0.39 is 26.5 Å². The fourth-order valence-electron chi connectivity index (χ4n) is 7.98. The zero-order valence-corrected chi connectivity index (χ0v) is 48.6. The van der Waals surface area contributed by atoms with Gasteiger partial charge in [0, 0.05) is 19.4 Å². The Labute approximate surface area is 460 Å². The molecule has 2 atom stereocenters. The normalized spacial score (nSPS) is 13.9. The molecule has 0 spiro atoms. The fraction of sp³-hybridized carbons (Fsp3) is 0.662. The minimum atomic E-state index is -4.40. The number of hydrogen-bond acceptors (Lipinski definition) is 8. The van der Waals surface area contributed by atoms with Crippen LogP contribution >= 0.6 is 7.82 Å². The first kappa shape index (κ1) is 71.4. The van der Waals surface area contributed by atoms with E-state index in [1.165, 1.54) is 89.9 Å². The molecule has 0 aliphatic rings. The van der Waals surface area contributed by atoms with Crippen molar-refractivity contribution in [3.63, 3.8) is 0 Å². The van der Waals surface area contributed by atoms with Crippen LogP contribution in [-0.2, 0) is 32.7 Å². The Morgan fingerprint density at radius 1 is 0.400 bits per heavy atom. The lowest BCUT2D eigenvalue weighted by atomic mass is 10.0. The summed E-state index contributed by atoms with van der Waals surface area (Å²) in [7, 11) is -4.40. The van der Waals surface area contributed by atoms with Crippen molar-refractivity contribution in [2.24, 2.45) is 5.73 Å². The van der Waals surface area contributed by atoms with Crippen molar-refractivity contribution < 1.29 is 37.6 Å². The summed E-state index contributed by atoms with van der Waals surface area (Å²) in [6.07, 6.45) is 82.5. The summed E-state index contributed by atoms with van der Waals surface area (Å²) in [5.74, 6) is -0.847. The topological polar surface area (TPSA) is 134 Å². The molecule has 0 aromatic carbocycles. The van der Waals surface area contributed by atoms with Crippen molar-refractivity contribution in [2.75, 3.05) is 26.4 Å². The van der Waals surface area contributed by atoms with Gasteiger partial charge in [0.15, 0.2) is 6.10 Å². The Bertz CT molecular complexity index is 1640. The number of unbranched alkanes of at least 4 members (excludes halogenated alkanes) is 22. The highest BCUT2D eigenvalue weighted by atomic mass is 31.2. The number of nitrogens with two attached hydrogens (primary N) is 1. The van der Waals surface area contributed by atoms with Gasteiger partial charge in [0.25, 0.3) is 0 Å². The molecule has 0 rings (SSSR count). The van der Waals surface area contributed by atoms with Gasteiger partial charge in [-0.05, 0) is 103 Å². The summed E-state index contributed by atoms with van der Waals surface area (Å²) in [5.41, 5.74) is 5.38. The van der Waals surface area contributed by atoms with E-state index in [2.05, 4.69) is 135 Å². The van der Waals surface area contributed by atoms with Crippen LogP contribution in [0.2, 0.25) is 0 Å². The van der Waals surface area contributed by atoms with E-state index in [9.17, 15) is 19.0 Å². The molecular formula is C65H110NO8P. The monoisotopic (exact) mass is 1060 g/mol. The predicted octanol–water partition coefficient (Wildman–Crippen LogP) is 19.2. The summed E-state index contributed by atoms with van der Waals surface area (Å²) >= 11 is 0. The summed E-state index contributed by atoms with van der Waals surface area (Å²) < 4.78 is 33.1. The number of phosphoric acid groups is 1. The second kappa shape index (κ2) is 59.7. The van der Waals surface area contributed by atoms with E-state index in [1.807, 2.05) is 0 Å². The number of hydrogen-bond donors (Lipinski definition) is 2. The maximum atomic E-state index is 12.7. The third kappa shape index (κ3) is 59.5. The molecule has 428 valence electrons. The zero-order chi connectivity index (χ0) is 54.5. The van der Waals surface area contributed by atoms with E-state index in [0.717, 1.165) is 122 Å². The Kier molecular flexibility index (Phi) is 56.8. The van der Waals surface area contributed by atoms with Crippen LogP contribution in [0.25, 0.3) is 0 Å². The van der Waals surface area contributed by atoms with Gasteiger partial charge in [0.1, 0.15) is 6.61 Å². The van der Waals surface area contributed by atoms with Crippen LogP contribution in [-0.4, -0.2) is 49.3 Å².